The van der Waals surface area contributed by atoms with Crippen LogP contribution in [-0.2, 0) is 6.42 Å². The van der Waals surface area contributed by atoms with Crippen molar-refractivity contribution in [2.24, 2.45) is 0 Å². The summed E-state index contributed by atoms with van der Waals surface area (Å²) in [5, 5.41) is 13.4. The molecule has 4 heteroatoms. The molecule has 0 aliphatic heterocycles. The summed E-state index contributed by atoms with van der Waals surface area (Å²) in [5.41, 5.74) is 3.36. The van der Waals surface area contributed by atoms with Gasteiger partial charge in [-0.2, -0.15) is 0 Å². The molecule has 0 fully saturated rings. The second-order valence-corrected chi connectivity index (χ2v) is 7.33. The zero-order valence-electron chi connectivity index (χ0n) is 12.0. The van der Waals surface area contributed by atoms with E-state index in [0.29, 0.717) is 6.42 Å². The van der Waals surface area contributed by atoms with Gasteiger partial charge in [-0.1, -0.05) is 30.3 Å². The van der Waals surface area contributed by atoms with Gasteiger partial charge in [-0.05, 0) is 25.5 Å². The first-order valence-corrected chi connectivity index (χ1v) is 8.58. The van der Waals surface area contributed by atoms with Gasteiger partial charge in [0.25, 0.3) is 0 Å². The van der Waals surface area contributed by atoms with Crippen LogP contribution in [0.15, 0.2) is 41.8 Å². The molecule has 1 unspecified atom stereocenters. The van der Waals surface area contributed by atoms with Crippen LogP contribution in [0.1, 0.15) is 26.4 Å². The van der Waals surface area contributed by atoms with E-state index in [-0.39, 0.29) is 0 Å². The van der Waals surface area contributed by atoms with Crippen molar-refractivity contribution in [3.8, 4) is 11.3 Å². The van der Waals surface area contributed by atoms with Crippen molar-refractivity contribution in [1.82, 2.24) is 4.98 Å². The summed E-state index contributed by atoms with van der Waals surface area (Å²) < 4.78 is 0. The lowest BCUT2D eigenvalue weighted by molar-refractivity contribution is 0.182. The fraction of sp³-hybridized carbons (Fsp3) is 0.235. The van der Waals surface area contributed by atoms with E-state index in [4.69, 9.17) is 0 Å². The van der Waals surface area contributed by atoms with Crippen LogP contribution < -0.4 is 0 Å². The molecule has 0 amide bonds. The SMILES string of the molecule is Cc1cc(C(O)Cc2nc(-c3ccccc3)cs2)sc1C. The number of nitrogens with zero attached hydrogens (tertiary/aromatic N) is 1. The third-order valence-corrected chi connectivity index (χ3v) is 5.63. The van der Waals surface area contributed by atoms with Gasteiger partial charge in [-0.25, -0.2) is 4.98 Å². The number of benzene rings is 1. The van der Waals surface area contributed by atoms with Crippen molar-refractivity contribution < 1.29 is 5.11 Å². The molecule has 0 aliphatic rings. The molecule has 0 aliphatic carbocycles. The second kappa shape index (κ2) is 6.10. The number of aliphatic hydroxyl groups is 1. The molecule has 2 heterocycles. The number of aryl methyl sites for hydroxylation is 2. The lowest BCUT2D eigenvalue weighted by atomic mass is 10.2. The first kappa shape index (κ1) is 14.4. The van der Waals surface area contributed by atoms with Crippen LogP contribution in [-0.4, -0.2) is 10.1 Å². The van der Waals surface area contributed by atoms with E-state index >= 15 is 0 Å². The maximum Gasteiger partial charge on any atom is 0.0962 e. The lowest BCUT2D eigenvalue weighted by Crippen LogP contribution is -1.99. The van der Waals surface area contributed by atoms with Gasteiger partial charge in [0, 0.05) is 27.1 Å². The largest absolute Gasteiger partial charge is 0.387 e. The number of thiophene rings is 1. The van der Waals surface area contributed by atoms with E-state index in [0.717, 1.165) is 21.1 Å². The predicted octanol–water partition coefficient (Wildman–Crippen LogP) is 4.76. The predicted molar refractivity (Wildman–Crippen MR) is 90.0 cm³/mol. The highest BCUT2D eigenvalue weighted by Gasteiger charge is 2.15. The molecule has 2 aromatic heterocycles. The summed E-state index contributed by atoms with van der Waals surface area (Å²) in [6, 6.07) is 12.2. The Morgan fingerprint density at radius 2 is 1.95 bits per heavy atom. The maximum atomic E-state index is 10.4. The van der Waals surface area contributed by atoms with Gasteiger partial charge in [0.05, 0.1) is 16.8 Å². The molecule has 1 N–H and O–H groups in total. The van der Waals surface area contributed by atoms with Crippen molar-refractivity contribution in [2.75, 3.05) is 0 Å². The summed E-state index contributed by atoms with van der Waals surface area (Å²) >= 11 is 3.28. The molecule has 0 saturated heterocycles. The zero-order chi connectivity index (χ0) is 14.8. The summed E-state index contributed by atoms with van der Waals surface area (Å²) in [6.45, 7) is 4.17. The minimum absolute atomic E-state index is 0.461. The van der Waals surface area contributed by atoms with Crippen molar-refractivity contribution in [3.05, 3.63) is 62.1 Å². The van der Waals surface area contributed by atoms with Gasteiger partial charge in [0.2, 0.25) is 0 Å². The first-order valence-electron chi connectivity index (χ1n) is 6.88. The fourth-order valence-corrected chi connectivity index (χ4v) is 4.05. The lowest BCUT2D eigenvalue weighted by Gasteiger charge is -2.05. The third-order valence-electron chi connectivity index (χ3n) is 3.50. The van der Waals surface area contributed by atoms with Gasteiger partial charge >= 0.3 is 0 Å². The molecule has 21 heavy (non-hydrogen) atoms. The highest BCUT2D eigenvalue weighted by atomic mass is 32.1. The molecule has 0 bridgehead atoms. The van der Waals surface area contributed by atoms with Crippen LogP contribution in [0.4, 0.5) is 0 Å². The average molecular weight is 315 g/mol. The smallest absolute Gasteiger partial charge is 0.0962 e. The van der Waals surface area contributed by atoms with E-state index in [1.807, 2.05) is 18.2 Å². The Balaban J connectivity index is 1.75. The monoisotopic (exact) mass is 315 g/mol. The van der Waals surface area contributed by atoms with Gasteiger partial charge in [0.1, 0.15) is 0 Å². The average Bonchev–Trinajstić information content (AvgIpc) is 3.08. The zero-order valence-corrected chi connectivity index (χ0v) is 13.7. The summed E-state index contributed by atoms with van der Waals surface area (Å²) in [6.07, 6.45) is 0.119. The normalized spacial score (nSPS) is 12.5. The topological polar surface area (TPSA) is 33.1 Å². The minimum atomic E-state index is -0.461. The number of aliphatic hydroxyl groups excluding tert-OH is 1. The Morgan fingerprint density at radius 3 is 2.62 bits per heavy atom. The first-order chi connectivity index (χ1) is 10.1. The van der Waals surface area contributed by atoms with Crippen LogP contribution in [0.2, 0.25) is 0 Å². The van der Waals surface area contributed by atoms with E-state index < -0.39 is 6.10 Å². The van der Waals surface area contributed by atoms with Crippen LogP contribution in [0.5, 0.6) is 0 Å². The number of hydrogen-bond acceptors (Lipinski definition) is 4. The van der Waals surface area contributed by atoms with Gasteiger partial charge in [-0.3, -0.25) is 0 Å². The van der Waals surface area contributed by atoms with Crippen molar-refractivity contribution in [3.63, 3.8) is 0 Å². The Morgan fingerprint density at radius 1 is 1.19 bits per heavy atom. The number of rotatable bonds is 4. The highest BCUT2D eigenvalue weighted by molar-refractivity contribution is 7.12. The summed E-state index contributed by atoms with van der Waals surface area (Å²) in [4.78, 5) is 6.94. The molecule has 0 saturated carbocycles. The Labute approximate surface area is 132 Å². The van der Waals surface area contributed by atoms with E-state index in [1.54, 1.807) is 22.7 Å². The van der Waals surface area contributed by atoms with E-state index in [1.165, 1.54) is 10.4 Å². The summed E-state index contributed by atoms with van der Waals surface area (Å²) in [7, 11) is 0. The number of thiazole rings is 1. The Kier molecular flexibility index (Phi) is 4.19. The fourth-order valence-electron chi connectivity index (χ4n) is 2.18. The van der Waals surface area contributed by atoms with Crippen LogP contribution in [0, 0.1) is 13.8 Å². The molecule has 1 atom stereocenters. The Bertz CT molecular complexity index is 711. The van der Waals surface area contributed by atoms with Gasteiger partial charge in [-0.15, -0.1) is 22.7 Å². The van der Waals surface area contributed by atoms with Crippen molar-refractivity contribution >= 4 is 22.7 Å². The molecule has 108 valence electrons. The van der Waals surface area contributed by atoms with Crippen molar-refractivity contribution in [1.29, 1.82) is 0 Å². The molecule has 3 aromatic rings. The van der Waals surface area contributed by atoms with Crippen LogP contribution >= 0.6 is 22.7 Å². The molecule has 0 spiro atoms. The molecule has 0 radical (unpaired) electrons. The molecular formula is C17H17NOS2. The van der Waals surface area contributed by atoms with Gasteiger partial charge in [0.15, 0.2) is 0 Å². The summed E-state index contributed by atoms with van der Waals surface area (Å²) in [5.74, 6) is 0. The third kappa shape index (κ3) is 3.23. The molecular weight excluding hydrogens is 298 g/mol. The van der Waals surface area contributed by atoms with E-state index in [2.05, 4.69) is 42.4 Å². The molecule has 3 rings (SSSR count). The molecule has 1 aromatic carbocycles. The Hall–Kier alpha value is -1.49. The standard InChI is InChI=1S/C17H17NOS2/c1-11-8-16(21-12(11)2)15(19)9-17-18-14(10-20-17)13-6-4-3-5-7-13/h3-8,10,15,19H,9H2,1-2H3. The highest BCUT2D eigenvalue weighted by Crippen LogP contribution is 2.30. The van der Waals surface area contributed by atoms with Crippen LogP contribution in [0.25, 0.3) is 11.3 Å². The number of hydrogen-bond donors (Lipinski definition) is 1. The van der Waals surface area contributed by atoms with E-state index in [9.17, 15) is 5.11 Å². The number of aromatic nitrogens is 1. The maximum absolute atomic E-state index is 10.4. The molecule has 2 nitrogen and oxygen atoms in total. The van der Waals surface area contributed by atoms with Crippen LogP contribution in [0.3, 0.4) is 0 Å². The second-order valence-electron chi connectivity index (χ2n) is 5.10. The van der Waals surface area contributed by atoms with Gasteiger partial charge < -0.3 is 5.11 Å². The van der Waals surface area contributed by atoms with Crippen molar-refractivity contribution in [2.45, 2.75) is 26.4 Å². The quantitative estimate of drug-likeness (QED) is 0.752. The minimum Gasteiger partial charge on any atom is -0.387 e.